The molecule has 0 spiro atoms. The second-order valence-corrected chi connectivity index (χ2v) is 7.71. The molecule has 0 unspecified atom stereocenters. The van der Waals surface area contributed by atoms with Crippen molar-refractivity contribution in [3.05, 3.63) is 59.2 Å². The predicted molar refractivity (Wildman–Crippen MR) is 114 cm³/mol. The van der Waals surface area contributed by atoms with Gasteiger partial charge in [-0.2, -0.15) is 0 Å². The van der Waals surface area contributed by atoms with E-state index in [0.29, 0.717) is 10.2 Å². The van der Waals surface area contributed by atoms with Crippen molar-refractivity contribution in [1.82, 2.24) is 19.7 Å². The minimum absolute atomic E-state index is 0.119. The lowest BCUT2D eigenvalue weighted by molar-refractivity contribution is -0.113. The zero-order valence-electron chi connectivity index (χ0n) is 15.4. The van der Waals surface area contributed by atoms with Gasteiger partial charge in [-0.1, -0.05) is 47.6 Å². The van der Waals surface area contributed by atoms with E-state index in [-0.39, 0.29) is 11.7 Å². The minimum atomic E-state index is -0.119. The van der Waals surface area contributed by atoms with Gasteiger partial charge in [0.15, 0.2) is 11.0 Å². The van der Waals surface area contributed by atoms with Crippen LogP contribution in [0.4, 0.5) is 5.69 Å². The summed E-state index contributed by atoms with van der Waals surface area (Å²) in [6.45, 7) is 1.88. The number of rotatable bonds is 5. The van der Waals surface area contributed by atoms with E-state index in [9.17, 15) is 4.79 Å². The second kappa shape index (κ2) is 7.69. The lowest BCUT2D eigenvalue weighted by Crippen LogP contribution is -2.15. The van der Waals surface area contributed by atoms with Crippen molar-refractivity contribution < 1.29 is 4.79 Å². The van der Waals surface area contributed by atoms with Gasteiger partial charge in [-0.05, 0) is 30.7 Å². The minimum Gasteiger partial charge on any atom is -0.360 e. The Balaban J connectivity index is 1.48. The van der Waals surface area contributed by atoms with Gasteiger partial charge >= 0.3 is 0 Å². The Morgan fingerprint density at radius 3 is 2.89 bits per heavy atom. The molecule has 4 aromatic rings. The smallest absolute Gasteiger partial charge is 0.234 e. The molecule has 0 bridgehead atoms. The number of para-hydroxylation sites is 1. The van der Waals surface area contributed by atoms with E-state index in [4.69, 9.17) is 11.6 Å². The molecule has 0 fully saturated rings. The number of nitrogens with one attached hydrogen (secondary N) is 2. The number of amides is 1. The van der Waals surface area contributed by atoms with Crippen molar-refractivity contribution in [1.29, 1.82) is 0 Å². The number of halogens is 1. The summed E-state index contributed by atoms with van der Waals surface area (Å²) in [6.07, 6.45) is 1.93. The SMILES string of the molecule is Cc1c(Cl)cccc1NC(=O)CSc1nnc(-c2c[nH]c3ccccc23)n1C. The highest BCUT2D eigenvalue weighted by atomic mass is 35.5. The van der Waals surface area contributed by atoms with E-state index >= 15 is 0 Å². The van der Waals surface area contributed by atoms with E-state index in [1.165, 1.54) is 11.8 Å². The number of nitrogens with zero attached hydrogens (tertiary/aromatic N) is 3. The fourth-order valence-electron chi connectivity index (χ4n) is 2.99. The largest absolute Gasteiger partial charge is 0.360 e. The van der Waals surface area contributed by atoms with Crippen molar-refractivity contribution in [2.45, 2.75) is 12.1 Å². The van der Waals surface area contributed by atoms with Crippen LogP contribution in [0.5, 0.6) is 0 Å². The first-order valence-corrected chi connectivity index (χ1v) is 10.0. The van der Waals surface area contributed by atoms with Crippen LogP contribution in [0.15, 0.2) is 53.8 Å². The summed E-state index contributed by atoms with van der Waals surface area (Å²) < 4.78 is 1.90. The standard InChI is InChI=1S/C20H18ClN5OS/c1-12-15(21)7-5-9-16(12)23-18(27)11-28-20-25-24-19(26(20)2)14-10-22-17-8-4-3-6-13(14)17/h3-10,22H,11H2,1-2H3,(H,23,27). The topological polar surface area (TPSA) is 75.6 Å². The molecule has 1 amide bonds. The number of fused-ring (bicyclic) bond motifs is 1. The van der Waals surface area contributed by atoms with Crippen LogP contribution in [0, 0.1) is 6.92 Å². The summed E-state index contributed by atoms with van der Waals surface area (Å²) in [6, 6.07) is 13.5. The Morgan fingerprint density at radius 1 is 1.21 bits per heavy atom. The van der Waals surface area contributed by atoms with Gasteiger partial charge in [0.05, 0.1) is 5.75 Å². The summed E-state index contributed by atoms with van der Waals surface area (Å²) in [5.74, 6) is 0.865. The van der Waals surface area contributed by atoms with Gasteiger partial charge in [-0.15, -0.1) is 10.2 Å². The molecular formula is C20H18ClN5OS. The van der Waals surface area contributed by atoms with Crippen LogP contribution in [-0.4, -0.2) is 31.4 Å². The normalized spacial score (nSPS) is 11.1. The van der Waals surface area contributed by atoms with E-state index < -0.39 is 0 Å². The predicted octanol–water partition coefficient (Wildman–Crippen LogP) is 4.66. The second-order valence-electron chi connectivity index (χ2n) is 6.36. The lowest BCUT2D eigenvalue weighted by Gasteiger charge is -2.09. The molecule has 2 aromatic carbocycles. The summed E-state index contributed by atoms with van der Waals surface area (Å²) >= 11 is 7.45. The summed E-state index contributed by atoms with van der Waals surface area (Å²) in [4.78, 5) is 15.6. The zero-order chi connectivity index (χ0) is 19.7. The van der Waals surface area contributed by atoms with Crippen LogP contribution in [0.25, 0.3) is 22.3 Å². The number of carbonyl (C=O) groups excluding carboxylic acids is 1. The van der Waals surface area contributed by atoms with Gasteiger partial charge in [0.1, 0.15) is 0 Å². The summed E-state index contributed by atoms with van der Waals surface area (Å²) in [5.41, 5.74) is 3.60. The molecule has 28 heavy (non-hydrogen) atoms. The number of H-pyrrole nitrogens is 1. The highest BCUT2D eigenvalue weighted by Crippen LogP contribution is 2.29. The number of thioether (sulfide) groups is 1. The Bertz CT molecular complexity index is 1170. The maximum Gasteiger partial charge on any atom is 0.234 e. The molecule has 2 N–H and O–H groups in total. The van der Waals surface area contributed by atoms with Gasteiger partial charge in [-0.25, -0.2) is 0 Å². The Morgan fingerprint density at radius 2 is 2.04 bits per heavy atom. The molecule has 0 saturated carbocycles. The van der Waals surface area contributed by atoms with Crippen molar-refractivity contribution in [2.75, 3.05) is 11.1 Å². The number of anilines is 1. The molecule has 0 aliphatic heterocycles. The van der Waals surface area contributed by atoms with Crippen LogP contribution in [0.1, 0.15) is 5.56 Å². The van der Waals surface area contributed by atoms with Crippen LogP contribution in [0.3, 0.4) is 0 Å². The van der Waals surface area contributed by atoms with Gasteiger partial charge in [-0.3, -0.25) is 4.79 Å². The number of carbonyl (C=O) groups is 1. The van der Waals surface area contributed by atoms with E-state index in [1.54, 1.807) is 6.07 Å². The van der Waals surface area contributed by atoms with Crippen LogP contribution < -0.4 is 5.32 Å². The summed E-state index contributed by atoms with van der Waals surface area (Å²) in [5, 5.41) is 13.9. The molecule has 0 aliphatic rings. The average molecular weight is 412 g/mol. The van der Waals surface area contributed by atoms with E-state index in [1.807, 2.05) is 61.1 Å². The van der Waals surface area contributed by atoms with Crippen LogP contribution in [-0.2, 0) is 11.8 Å². The molecule has 6 nitrogen and oxygen atoms in total. The van der Waals surface area contributed by atoms with Crippen molar-refractivity contribution in [3.63, 3.8) is 0 Å². The van der Waals surface area contributed by atoms with Gasteiger partial charge in [0, 0.05) is 40.4 Å². The lowest BCUT2D eigenvalue weighted by atomic mass is 10.1. The van der Waals surface area contributed by atoms with Crippen molar-refractivity contribution >= 4 is 45.9 Å². The Labute approximate surface area is 171 Å². The third-order valence-corrected chi connectivity index (χ3v) is 5.97. The zero-order valence-corrected chi connectivity index (χ0v) is 16.9. The molecular weight excluding hydrogens is 394 g/mol. The average Bonchev–Trinajstić information content (AvgIpc) is 3.27. The first-order chi connectivity index (χ1) is 13.5. The molecule has 2 heterocycles. The van der Waals surface area contributed by atoms with E-state index in [2.05, 4.69) is 20.5 Å². The molecule has 2 aromatic heterocycles. The van der Waals surface area contributed by atoms with Gasteiger partial charge < -0.3 is 14.9 Å². The third-order valence-electron chi connectivity index (χ3n) is 4.54. The number of benzene rings is 2. The fraction of sp³-hybridized carbons (Fsp3) is 0.150. The Hall–Kier alpha value is -2.77. The van der Waals surface area contributed by atoms with Crippen molar-refractivity contribution in [2.24, 2.45) is 7.05 Å². The number of hydrogen-bond donors (Lipinski definition) is 2. The number of hydrogen-bond acceptors (Lipinski definition) is 4. The molecule has 142 valence electrons. The van der Waals surface area contributed by atoms with E-state index in [0.717, 1.165) is 33.5 Å². The first kappa shape index (κ1) is 18.6. The van der Waals surface area contributed by atoms with Gasteiger partial charge in [0.2, 0.25) is 5.91 Å². The monoisotopic (exact) mass is 411 g/mol. The fourth-order valence-corrected chi connectivity index (χ4v) is 3.88. The Kier molecular flexibility index (Phi) is 5.11. The molecule has 0 aliphatic carbocycles. The molecule has 4 rings (SSSR count). The number of aromatic nitrogens is 4. The van der Waals surface area contributed by atoms with Crippen molar-refractivity contribution in [3.8, 4) is 11.4 Å². The molecule has 0 radical (unpaired) electrons. The van der Waals surface area contributed by atoms with Crippen LogP contribution >= 0.6 is 23.4 Å². The number of aromatic amines is 1. The highest BCUT2D eigenvalue weighted by Gasteiger charge is 2.16. The third kappa shape index (κ3) is 3.50. The maximum absolute atomic E-state index is 12.3. The highest BCUT2D eigenvalue weighted by molar-refractivity contribution is 7.99. The molecule has 0 saturated heterocycles. The van der Waals surface area contributed by atoms with Gasteiger partial charge in [0.25, 0.3) is 0 Å². The quantitative estimate of drug-likeness (QED) is 0.468. The molecule has 8 heteroatoms. The first-order valence-electron chi connectivity index (χ1n) is 8.68. The van der Waals surface area contributed by atoms with Crippen LogP contribution in [0.2, 0.25) is 5.02 Å². The molecule has 0 atom stereocenters. The summed E-state index contributed by atoms with van der Waals surface area (Å²) in [7, 11) is 1.90. The maximum atomic E-state index is 12.3.